The summed E-state index contributed by atoms with van der Waals surface area (Å²) in [6.45, 7) is 2.14. The molecule has 0 saturated carbocycles. The zero-order valence-corrected chi connectivity index (χ0v) is 25.7. The van der Waals surface area contributed by atoms with Crippen molar-refractivity contribution in [3.63, 3.8) is 0 Å². The number of ether oxygens (including phenoxy) is 1. The number of carbonyl (C=O) groups is 3. The Morgan fingerprint density at radius 1 is 1.05 bits per heavy atom. The van der Waals surface area contributed by atoms with Gasteiger partial charge in [-0.2, -0.15) is 0 Å². The monoisotopic (exact) mass is 607 g/mol. The zero-order chi connectivity index (χ0) is 31.8. The van der Waals surface area contributed by atoms with Crippen LogP contribution in [0.15, 0.2) is 53.1 Å². The van der Waals surface area contributed by atoms with Crippen LogP contribution >= 0.6 is 0 Å². The van der Waals surface area contributed by atoms with Crippen LogP contribution in [0.3, 0.4) is 0 Å². The quantitative estimate of drug-likeness (QED) is 0.118. The first-order valence-electron chi connectivity index (χ1n) is 15.7. The summed E-state index contributed by atoms with van der Waals surface area (Å²) in [4.78, 5) is 39.0. The Bertz CT molecular complexity index is 1410. The molecule has 0 radical (unpaired) electrons. The predicted molar refractivity (Wildman–Crippen MR) is 168 cm³/mol. The molecule has 1 fully saturated rings. The van der Waals surface area contributed by atoms with Crippen molar-refractivity contribution in [2.24, 2.45) is 17.8 Å². The van der Waals surface area contributed by atoms with Gasteiger partial charge in [0.2, 0.25) is 11.8 Å². The molecule has 0 unspecified atom stereocenters. The van der Waals surface area contributed by atoms with Gasteiger partial charge in [-0.15, -0.1) is 0 Å². The van der Waals surface area contributed by atoms with Crippen molar-refractivity contribution >= 4 is 34.6 Å². The number of amides is 2. The number of fused-ring (bicyclic) bond motifs is 2. The number of aliphatic hydroxyl groups excluding tert-OH is 2. The smallest absolute Gasteiger partial charge is 0.303 e. The molecule has 2 aromatic carbocycles. The van der Waals surface area contributed by atoms with E-state index in [0.29, 0.717) is 44.1 Å². The molecule has 1 heterocycles. The van der Waals surface area contributed by atoms with Gasteiger partial charge in [0.05, 0.1) is 31.2 Å². The number of imide groups is 1. The minimum Gasteiger partial charge on any atom is -0.507 e. The highest BCUT2D eigenvalue weighted by Gasteiger charge is 2.54. The molecule has 1 aliphatic heterocycles. The summed E-state index contributed by atoms with van der Waals surface area (Å²) in [5.41, 5.74) is 3.50. The van der Waals surface area contributed by atoms with Crippen molar-refractivity contribution in [2.75, 3.05) is 26.9 Å². The molecule has 2 aromatic rings. The van der Waals surface area contributed by atoms with E-state index in [1.54, 1.807) is 13.2 Å². The Morgan fingerprint density at radius 3 is 2.48 bits per heavy atom. The van der Waals surface area contributed by atoms with Crippen molar-refractivity contribution in [1.29, 1.82) is 0 Å². The maximum Gasteiger partial charge on any atom is 0.303 e. The molecule has 0 spiro atoms. The third-order valence-corrected chi connectivity index (χ3v) is 9.03. The van der Waals surface area contributed by atoms with Gasteiger partial charge in [-0.05, 0) is 66.7 Å². The number of nitrogens with zero attached hydrogens (tertiary/aromatic N) is 1. The lowest BCUT2D eigenvalue weighted by atomic mass is 9.68. The number of phenols is 1. The van der Waals surface area contributed by atoms with Gasteiger partial charge in [0.15, 0.2) is 0 Å². The number of aliphatic hydroxyl groups is 2. The number of aliphatic carboxylic acids is 1. The highest BCUT2D eigenvalue weighted by atomic mass is 16.5. The zero-order valence-electron chi connectivity index (χ0n) is 25.7. The number of methoxy groups -OCH3 is 1. The topological polar surface area (TPSA) is 145 Å². The lowest BCUT2D eigenvalue weighted by Gasteiger charge is -2.36. The first kappa shape index (κ1) is 33.4. The van der Waals surface area contributed by atoms with Crippen molar-refractivity contribution < 1.29 is 39.5 Å². The van der Waals surface area contributed by atoms with Crippen LogP contribution in [-0.4, -0.2) is 76.1 Å². The third-order valence-electron chi connectivity index (χ3n) is 9.03. The number of hydrogen-bond acceptors (Lipinski definition) is 7. The molecule has 4 atom stereocenters. The van der Waals surface area contributed by atoms with Gasteiger partial charge in [0.25, 0.3) is 0 Å². The summed E-state index contributed by atoms with van der Waals surface area (Å²) in [7, 11) is 1.55. The van der Waals surface area contributed by atoms with Gasteiger partial charge in [-0.1, -0.05) is 61.7 Å². The Kier molecular flexibility index (Phi) is 11.7. The van der Waals surface area contributed by atoms with Crippen LogP contribution in [-0.2, 0) is 19.1 Å². The number of likely N-dealkylation sites (tertiary alicyclic amines) is 1. The van der Waals surface area contributed by atoms with Crippen molar-refractivity contribution in [1.82, 2.24) is 4.90 Å². The van der Waals surface area contributed by atoms with Crippen LogP contribution in [0.1, 0.15) is 70.3 Å². The minimum absolute atomic E-state index is 0.0476. The van der Waals surface area contributed by atoms with Crippen molar-refractivity contribution in [3.8, 4) is 5.75 Å². The van der Waals surface area contributed by atoms with Crippen molar-refractivity contribution in [3.05, 3.63) is 58.7 Å². The number of carbonyl (C=O) groups excluding carboxylic acids is 2. The van der Waals surface area contributed by atoms with Crippen LogP contribution in [0.2, 0.25) is 0 Å². The van der Waals surface area contributed by atoms with E-state index in [0.717, 1.165) is 40.3 Å². The van der Waals surface area contributed by atoms with E-state index < -0.39 is 29.8 Å². The minimum atomic E-state index is -0.928. The van der Waals surface area contributed by atoms with Gasteiger partial charge in [-0.3, -0.25) is 19.3 Å². The Balaban J connectivity index is 1.53. The van der Waals surface area contributed by atoms with Gasteiger partial charge >= 0.3 is 5.97 Å². The van der Waals surface area contributed by atoms with Gasteiger partial charge in [0, 0.05) is 31.4 Å². The van der Waals surface area contributed by atoms with Crippen LogP contribution in [0.4, 0.5) is 0 Å². The van der Waals surface area contributed by atoms with Crippen LogP contribution < -0.4 is 0 Å². The number of unbranched alkanes of at least 4 members (excludes halogenated alkanes) is 2. The second-order valence-electron chi connectivity index (χ2n) is 12.0. The highest BCUT2D eigenvalue weighted by Crippen LogP contribution is 2.46. The number of benzene rings is 2. The molecular weight excluding hydrogens is 562 g/mol. The summed E-state index contributed by atoms with van der Waals surface area (Å²) < 4.78 is 5.46. The summed E-state index contributed by atoms with van der Waals surface area (Å²) in [6.07, 6.45) is 5.84. The Morgan fingerprint density at radius 2 is 1.80 bits per heavy atom. The van der Waals surface area contributed by atoms with Crippen LogP contribution in [0.5, 0.6) is 5.75 Å². The standard InChI is InChI=1S/C35H45NO8/c1-3-9-22(18-23-14-16-29(38)26-11-7-6-10-25(23)26)13-15-30(39)32-24(21-44-2)19-27-33(28(32)20-37)35(43)36(34(27)42)17-8-4-5-12-31(40)41/h6-7,10-11,14,16,18,27-28,30,33,37-39H,3-5,8-9,12-13,15,17,19-21H2,1-2H3,(H,40,41)/b22-18+/t27-,28+,30-,33-/m1/s1. The lowest BCUT2D eigenvalue weighted by Crippen LogP contribution is -2.39. The second kappa shape index (κ2) is 15.5. The number of allylic oxidation sites excluding steroid dienone is 1. The van der Waals surface area contributed by atoms with E-state index in [1.807, 2.05) is 30.3 Å². The van der Waals surface area contributed by atoms with Gasteiger partial charge in [-0.25, -0.2) is 0 Å². The molecule has 9 heteroatoms. The van der Waals surface area contributed by atoms with E-state index >= 15 is 0 Å². The average Bonchev–Trinajstić information content (AvgIpc) is 3.24. The summed E-state index contributed by atoms with van der Waals surface area (Å²) >= 11 is 0. The van der Waals surface area contributed by atoms with E-state index in [2.05, 4.69) is 13.0 Å². The number of rotatable bonds is 16. The third kappa shape index (κ3) is 7.39. The maximum atomic E-state index is 13.5. The van der Waals surface area contributed by atoms with Crippen LogP contribution in [0, 0.1) is 17.8 Å². The molecular formula is C35H45NO8. The van der Waals surface area contributed by atoms with E-state index in [9.17, 15) is 29.7 Å². The largest absolute Gasteiger partial charge is 0.507 e. The molecule has 1 saturated heterocycles. The highest BCUT2D eigenvalue weighted by molar-refractivity contribution is 6.06. The number of aromatic hydroxyl groups is 1. The number of carboxylic acid groups (broad SMARTS) is 1. The van der Waals surface area contributed by atoms with Gasteiger partial charge in [0.1, 0.15) is 5.75 Å². The Labute approximate surface area is 258 Å². The fraction of sp³-hybridized carbons (Fsp3) is 0.514. The average molecular weight is 608 g/mol. The molecule has 2 amide bonds. The number of carboxylic acids is 1. The molecule has 4 rings (SSSR count). The van der Waals surface area contributed by atoms with E-state index in [-0.39, 0.29) is 43.7 Å². The Hall–Kier alpha value is -3.53. The molecule has 1 aliphatic carbocycles. The summed E-state index contributed by atoms with van der Waals surface area (Å²) in [6, 6.07) is 11.3. The fourth-order valence-electron chi connectivity index (χ4n) is 6.99. The first-order valence-corrected chi connectivity index (χ1v) is 15.7. The number of hydrogen-bond donors (Lipinski definition) is 4. The summed E-state index contributed by atoms with van der Waals surface area (Å²) in [5, 5.41) is 43.1. The number of phenolic OH excluding ortho intramolecular Hbond substituents is 1. The normalized spacial score (nSPS) is 21.3. The SMILES string of the molecule is CCC/C(=C\c1ccc(O)c2ccccc12)CC[C@@H](O)C1=C(COC)C[C@H]2C(=O)N(CCCCCC(=O)O)C(=O)[C@H]2[C@H]1CO. The molecule has 9 nitrogen and oxygen atoms in total. The second-order valence-corrected chi connectivity index (χ2v) is 12.0. The maximum absolute atomic E-state index is 13.5. The molecule has 0 aromatic heterocycles. The van der Waals surface area contributed by atoms with Gasteiger partial charge < -0.3 is 25.2 Å². The fourth-order valence-corrected chi connectivity index (χ4v) is 6.99. The predicted octanol–water partition coefficient (Wildman–Crippen LogP) is 5.07. The molecule has 238 valence electrons. The van der Waals surface area contributed by atoms with Crippen LogP contribution in [0.25, 0.3) is 16.8 Å². The molecule has 44 heavy (non-hydrogen) atoms. The van der Waals surface area contributed by atoms with E-state index in [1.165, 1.54) is 4.90 Å². The molecule has 2 aliphatic rings. The molecule has 0 bridgehead atoms. The van der Waals surface area contributed by atoms with E-state index in [4.69, 9.17) is 9.84 Å². The first-order chi connectivity index (χ1) is 21.2. The summed E-state index contributed by atoms with van der Waals surface area (Å²) in [5.74, 6) is -3.29. The lowest BCUT2D eigenvalue weighted by molar-refractivity contribution is -0.141. The molecule has 4 N–H and O–H groups in total. The van der Waals surface area contributed by atoms with Crippen molar-refractivity contribution in [2.45, 2.75) is 70.8 Å².